The maximum Gasteiger partial charge on any atom is 0.0903 e. The van der Waals surface area contributed by atoms with E-state index in [2.05, 4.69) is 13.0 Å². The summed E-state index contributed by atoms with van der Waals surface area (Å²) in [6.07, 6.45) is 9.88. The van der Waals surface area contributed by atoms with E-state index < -0.39 is 5.60 Å². The van der Waals surface area contributed by atoms with Crippen molar-refractivity contribution in [3.8, 4) is 0 Å². The second-order valence-corrected chi connectivity index (χ2v) is 4.86. The average Bonchev–Trinajstić information content (AvgIpc) is 2.30. The van der Waals surface area contributed by atoms with Gasteiger partial charge >= 0.3 is 0 Å². The van der Waals surface area contributed by atoms with Crippen molar-refractivity contribution in [2.24, 2.45) is 0 Å². The van der Waals surface area contributed by atoms with E-state index >= 15 is 0 Å². The molecule has 0 aromatic rings. The van der Waals surface area contributed by atoms with Crippen LogP contribution in [0.2, 0.25) is 0 Å². The van der Waals surface area contributed by atoms with Gasteiger partial charge in [0.15, 0.2) is 0 Å². The van der Waals surface area contributed by atoms with Gasteiger partial charge in [-0.3, -0.25) is 0 Å². The highest BCUT2D eigenvalue weighted by molar-refractivity contribution is 5.19. The smallest absolute Gasteiger partial charge is 0.0903 e. The third-order valence-corrected chi connectivity index (χ3v) is 3.78. The molecule has 1 aliphatic carbocycles. The number of hydrogen-bond donors (Lipinski definition) is 1. The highest BCUT2D eigenvalue weighted by Crippen LogP contribution is 2.37. The minimum absolute atomic E-state index is 0.256. The van der Waals surface area contributed by atoms with E-state index in [0.717, 1.165) is 32.1 Å². The summed E-state index contributed by atoms with van der Waals surface area (Å²) >= 11 is 0. The summed E-state index contributed by atoms with van der Waals surface area (Å²) in [7, 11) is 0. The molecule has 1 saturated heterocycles. The Morgan fingerprint density at radius 2 is 2.40 bits per heavy atom. The lowest BCUT2D eigenvalue weighted by Gasteiger charge is -2.39. The molecule has 0 aromatic carbocycles. The number of allylic oxidation sites excluding steroid dienone is 1. The molecule has 0 spiro atoms. The van der Waals surface area contributed by atoms with Crippen LogP contribution < -0.4 is 0 Å². The Kier molecular flexibility index (Phi) is 3.47. The lowest BCUT2D eigenvalue weighted by atomic mass is 9.78. The van der Waals surface area contributed by atoms with Crippen LogP contribution in [-0.2, 0) is 4.74 Å². The van der Waals surface area contributed by atoms with Crippen LogP contribution in [0.3, 0.4) is 0 Å². The van der Waals surface area contributed by atoms with Gasteiger partial charge in [0, 0.05) is 12.8 Å². The molecule has 0 saturated carbocycles. The summed E-state index contributed by atoms with van der Waals surface area (Å²) in [6.45, 7) is 2.85. The molecule has 2 heteroatoms. The number of rotatable bonds is 2. The summed E-state index contributed by atoms with van der Waals surface area (Å²) in [4.78, 5) is 0. The first-order valence-corrected chi connectivity index (χ1v) is 6.28. The quantitative estimate of drug-likeness (QED) is 0.710. The van der Waals surface area contributed by atoms with Gasteiger partial charge < -0.3 is 9.84 Å². The first-order valence-electron chi connectivity index (χ1n) is 6.28. The fraction of sp³-hybridized carbons (Fsp3) is 0.846. The maximum absolute atomic E-state index is 10.6. The van der Waals surface area contributed by atoms with Crippen LogP contribution in [0.1, 0.15) is 51.9 Å². The monoisotopic (exact) mass is 210 g/mol. The van der Waals surface area contributed by atoms with Gasteiger partial charge in [-0.2, -0.15) is 0 Å². The Labute approximate surface area is 92.3 Å². The maximum atomic E-state index is 10.6. The molecule has 1 aliphatic heterocycles. The van der Waals surface area contributed by atoms with Gasteiger partial charge in [0.05, 0.1) is 18.3 Å². The van der Waals surface area contributed by atoms with Crippen LogP contribution in [-0.4, -0.2) is 23.4 Å². The molecular formula is C13H22O2. The van der Waals surface area contributed by atoms with Crippen LogP contribution in [0.25, 0.3) is 0 Å². The summed E-state index contributed by atoms with van der Waals surface area (Å²) < 4.78 is 5.63. The van der Waals surface area contributed by atoms with Crippen molar-refractivity contribution in [3.63, 3.8) is 0 Å². The Balaban J connectivity index is 2.07. The minimum atomic E-state index is -0.542. The molecule has 2 nitrogen and oxygen atoms in total. The van der Waals surface area contributed by atoms with Crippen molar-refractivity contribution in [1.82, 2.24) is 0 Å². The molecule has 15 heavy (non-hydrogen) atoms. The SMILES string of the molecule is CCC1CC(O)(C2=CCCCC2)CCO1. The lowest BCUT2D eigenvalue weighted by molar-refractivity contribution is -0.0866. The van der Waals surface area contributed by atoms with Crippen molar-refractivity contribution in [2.75, 3.05) is 6.61 Å². The zero-order valence-electron chi connectivity index (χ0n) is 9.67. The van der Waals surface area contributed by atoms with Gasteiger partial charge in [-0.1, -0.05) is 13.0 Å². The van der Waals surface area contributed by atoms with E-state index in [0.29, 0.717) is 6.61 Å². The molecule has 0 amide bonds. The van der Waals surface area contributed by atoms with Crippen molar-refractivity contribution in [1.29, 1.82) is 0 Å². The van der Waals surface area contributed by atoms with Crippen molar-refractivity contribution in [3.05, 3.63) is 11.6 Å². The molecule has 2 aliphatic rings. The van der Waals surface area contributed by atoms with Gasteiger partial charge in [0.25, 0.3) is 0 Å². The molecule has 2 unspecified atom stereocenters. The van der Waals surface area contributed by atoms with Crippen LogP contribution in [0.5, 0.6) is 0 Å². The van der Waals surface area contributed by atoms with Crippen molar-refractivity contribution in [2.45, 2.75) is 63.6 Å². The van der Waals surface area contributed by atoms with Gasteiger partial charge in [-0.25, -0.2) is 0 Å². The van der Waals surface area contributed by atoms with E-state index in [1.807, 2.05) is 0 Å². The van der Waals surface area contributed by atoms with E-state index in [9.17, 15) is 5.11 Å². The Hall–Kier alpha value is -0.340. The molecule has 2 atom stereocenters. The van der Waals surface area contributed by atoms with E-state index in [1.54, 1.807) is 0 Å². The second kappa shape index (κ2) is 4.67. The van der Waals surface area contributed by atoms with Crippen molar-refractivity contribution < 1.29 is 9.84 Å². The zero-order valence-corrected chi connectivity index (χ0v) is 9.67. The number of aliphatic hydroxyl groups is 1. The fourth-order valence-corrected chi connectivity index (χ4v) is 2.75. The second-order valence-electron chi connectivity index (χ2n) is 4.86. The summed E-state index contributed by atoms with van der Waals surface area (Å²) in [5.41, 5.74) is 0.745. The zero-order chi connectivity index (χ0) is 10.7. The predicted molar refractivity (Wildman–Crippen MR) is 60.8 cm³/mol. The molecule has 0 radical (unpaired) electrons. The average molecular weight is 210 g/mol. The molecule has 1 heterocycles. The Morgan fingerprint density at radius 1 is 1.53 bits per heavy atom. The number of hydrogen-bond acceptors (Lipinski definition) is 2. The third-order valence-electron chi connectivity index (χ3n) is 3.78. The summed E-state index contributed by atoms with van der Waals surface area (Å²) in [5.74, 6) is 0. The van der Waals surface area contributed by atoms with Crippen LogP contribution in [0.4, 0.5) is 0 Å². The van der Waals surface area contributed by atoms with E-state index in [4.69, 9.17) is 4.74 Å². The van der Waals surface area contributed by atoms with Gasteiger partial charge in [0.2, 0.25) is 0 Å². The van der Waals surface area contributed by atoms with Crippen molar-refractivity contribution >= 4 is 0 Å². The molecule has 86 valence electrons. The van der Waals surface area contributed by atoms with Crippen LogP contribution >= 0.6 is 0 Å². The highest BCUT2D eigenvalue weighted by atomic mass is 16.5. The standard InChI is InChI=1S/C13H22O2/c1-2-12-10-13(14,8-9-15-12)11-6-4-3-5-7-11/h6,12,14H,2-5,7-10H2,1H3. The van der Waals surface area contributed by atoms with Gasteiger partial charge in [-0.15, -0.1) is 0 Å². The first kappa shape index (κ1) is 11.2. The Morgan fingerprint density at radius 3 is 3.07 bits per heavy atom. The molecule has 2 rings (SSSR count). The van der Waals surface area contributed by atoms with Crippen LogP contribution in [0, 0.1) is 0 Å². The first-order chi connectivity index (χ1) is 7.24. The van der Waals surface area contributed by atoms with Gasteiger partial charge in [0.1, 0.15) is 0 Å². The molecule has 1 fully saturated rings. The topological polar surface area (TPSA) is 29.5 Å². The number of ether oxygens (including phenoxy) is 1. The lowest BCUT2D eigenvalue weighted by Crippen LogP contribution is -2.42. The fourth-order valence-electron chi connectivity index (χ4n) is 2.75. The summed E-state index contributed by atoms with van der Waals surface area (Å²) in [6, 6.07) is 0. The minimum Gasteiger partial charge on any atom is -0.385 e. The highest BCUT2D eigenvalue weighted by Gasteiger charge is 2.37. The van der Waals surface area contributed by atoms with E-state index in [-0.39, 0.29) is 6.10 Å². The van der Waals surface area contributed by atoms with Crippen LogP contribution in [0.15, 0.2) is 11.6 Å². The summed E-state index contributed by atoms with van der Waals surface area (Å²) in [5, 5.41) is 10.6. The molecule has 1 N–H and O–H groups in total. The molecule has 0 aromatic heterocycles. The van der Waals surface area contributed by atoms with Gasteiger partial charge in [-0.05, 0) is 37.7 Å². The predicted octanol–water partition coefficient (Wildman–Crippen LogP) is 2.81. The Bertz CT molecular complexity index is 247. The normalized spacial score (nSPS) is 37.5. The van der Waals surface area contributed by atoms with E-state index in [1.165, 1.54) is 18.4 Å². The third kappa shape index (κ3) is 2.43. The largest absolute Gasteiger partial charge is 0.385 e. The molecule has 0 bridgehead atoms. The molecular weight excluding hydrogens is 188 g/mol.